The van der Waals surface area contributed by atoms with Gasteiger partial charge < -0.3 is 5.32 Å². The SMILES string of the molecule is CCS(=O)(=O)c1ccc(Cl)cc1Nn1cnc2cc(CN3CC[C@@H](NC(C)=O)C3)c(Br)cc2c1=O. The van der Waals surface area contributed by atoms with Crippen molar-refractivity contribution in [2.75, 3.05) is 24.3 Å². The zero-order valence-electron chi connectivity index (χ0n) is 19.2. The molecule has 0 radical (unpaired) electrons. The number of carbonyl (C=O) groups excluding carboxylic acids is 1. The third-order valence-corrected chi connectivity index (χ3v) is 8.66. The van der Waals surface area contributed by atoms with Gasteiger partial charge in [0.1, 0.15) is 6.33 Å². The monoisotopic (exact) mass is 581 g/mol. The Bertz CT molecular complexity index is 1460. The zero-order valence-corrected chi connectivity index (χ0v) is 22.4. The fourth-order valence-electron chi connectivity index (χ4n) is 4.15. The Morgan fingerprint density at radius 2 is 2.06 bits per heavy atom. The molecule has 1 atom stereocenters. The van der Waals surface area contributed by atoms with E-state index in [-0.39, 0.29) is 33.8 Å². The first-order chi connectivity index (χ1) is 16.6. The van der Waals surface area contributed by atoms with Crippen LogP contribution in [0, 0.1) is 0 Å². The molecule has 1 fully saturated rings. The molecule has 1 aromatic heterocycles. The van der Waals surface area contributed by atoms with Crippen molar-refractivity contribution in [3.63, 3.8) is 0 Å². The number of sulfone groups is 1. The maximum Gasteiger partial charge on any atom is 0.280 e. The van der Waals surface area contributed by atoms with Gasteiger partial charge in [-0.3, -0.25) is 19.9 Å². The molecule has 4 rings (SSSR count). The van der Waals surface area contributed by atoms with E-state index in [0.717, 1.165) is 34.2 Å². The molecular weight excluding hydrogens is 558 g/mol. The molecular formula is C23H25BrClN5O4S. The number of amides is 1. The zero-order chi connectivity index (χ0) is 25.3. The van der Waals surface area contributed by atoms with E-state index in [0.29, 0.717) is 22.5 Å². The van der Waals surface area contributed by atoms with E-state index in [4.69, 9.17) is 11.6 Å². The van der Waals surface area contributed by atoms with Crippen LogP contribution >= 0.6 is 27.5 Å². The molecule has 0 saturated carbocycles. The van der Waals surface area contributed by atoms with Gasteiger partial charge in [0.15, 0.2) is 9.84 Å². The van der Waals surface area contributed by atoms with E-state index in [2.05, 4.69) is 36.6 Å². The molecule has 186 valence electrons. The highest BCUT2D eigenvalue weighted by molar-refractivity contribution is 9.10. The van der Waals surface area contributed by atoms with Crippen molar-refractivity contribution in [3.05, 3.63) is 62.1 Å². The van der Waals surface area contributed by atoms with Gasteiger partial charge in [0.05, 0.1) is 27.2 Å². The fraction of sp³-hybridized carbons (Fsp3) is 0.348. The summed E-state index contributed by atoms with van der Waals surface area (Å²) in [4.78, 5) is 31.2. The van der Waals surface area contributed by atoms with Gasteiger partial charge in [0, 0.05) is 42.1 Å². The number of aromatic nitrogens is 2. The Morgan fingerprint density at radius 1 is 1.29 bits per heavy atom. The molecule has 0 aliphatic carbocycles. The minimum Gasteiger partial charge on any atom is -0.352 e. The molecule has 2 N–H and O–H groups in total. The van der Waals surface area contributed by atoms with Gasteiger partial charge in [-0.2, -0.15) is 0 Å². The van der Waals surface area contributed by atoms with Crippen LogP contribution in [-0.4, -0.2) is 53.8 Å². The van der Waals surface area contributed by atoms with Crippen molar-refractivity contribution in [1.82, 2.24) is 19.9 Å². The summed E-state index contributed by atoms with van der Waals surface area (Å²) in [5.74, 6) is -0.123. The molecule has 0 bridgehead atoms. The maximum atomic E-state index is 13.2. The summed E-state index contributed by atoms with van der Waals surface area (Å²) in [5, 5.41) is 3.66. The number of hydrogen-bond donors (Lipinski definition) is 2. The van der Waals surface area contributed by atoms with Crippen LogP contribution in [0.15, 0.2) is 50.8 Å². The van der Waals surface area contributed by atoms with Crippen molar-refractivity contribution in [1.29, 1.82) is 0 Å². The van der Waals surface area contributed by atoms with Crippen LogP contribution < -0.4 is 16.3 Å². The maximum absolute atomic E-state index is 13.2. The van der Waals surface area contributed by atoms with E-state index >= 15 is 0 Å². The summed E-state index contributed by atoms with van der Waals surface area (Å²) in [5.41, 5.74) is 4.16. The average Bonchev–Trinajstić information content (AvgIpc) is 3.23. The van der Waals surface area contributed by atoms with Gasteiger partial charge >= 0.3 is 0 Å². The molecule has 1 aliphatic rings. The van der Waals surface area contributed by atoms with Crippen molar-refractivity contribution in [3.8, 4) is 0 Å². The van der Waals surface area contributed by atoms with Gasteiger partial charge in [-0.25, -0.2) is 18.1 Å². The van der Waals surface area contributed by atoms with Crippen LogP contribution in [0.3, 0.4) is 0 Å². The first kappa shape index (κ1) is 25.6. The normalized spacial score (nSPS) is 16.5. The number of nitrogens with zero attached hydrogens (tertiary/aromatic N) is 3. The van der Waals surface area contributed by atoms with Gasteiger partial charge in [-0.15, -0.1) is 0 Å². The Morgan fingerprint density at radius 3 is 2.77 bits per heavy atom. The molecule has 1 aliphatic heterocycles. The van der Waals surface area contributed by atoms with E-state index in [1.165, 1.54) is 31.5 Å². The summed E-state index contributed by atoms with van der Waals surface area (Å²) >= 11 is 9.66. The van der Waals surface area contributed by atoms with E-state index in [9.17, 15) is 18.0 Å². The number of benzene rings is 2. The lowest BCUT2D eigenvalue weighted by molar-refractivity contribution is -0.119. The molecule has 0 unspecified atom stereocenters. The van der Waals surface area contributed by atoms with Crippen LogP contribution in [0.4, 0.5) is 5.69 Å². The topological polar surface area (TPSA) is 113 Å². The lowest BCUT2D eigenvalue weighted by atomic mass is 10.1. The van der Waals surface area contributed by atoms with E-state index in [1.54, 1.807) is 13.0 Å². The highest BCUT2D eigenvalue weighted by Gasteiger charge is 2.24. The second kappa shape index (κ2) is 10.3. The number of fused-ring (bicyclic) bond motifs is 1. The fourth-order valence-corrected chi connectivity index (χ4v) is 5.82. The predicted octanol–water partition coefficient (Wildman–Crippen LogP) is 3.19. The molecule has 9 nitrogen and oxygen atoms in total. The van der Waals surface area contributed by atoms with Crippen LogP contribution in [0.2, 0.25) is 5.02 Å². The number of hydrogen-bond acceptors (Lipinski definition) is 7. The lowest BCUT2D eigenvalue weighted by Gasteiger charge is -2.18. The van der Waals surface area contributed by atoms with Crippen molar-refractivity contribution in [2.45, 2.75) is 37.8 Å². The number of likely N-dealkylation sites (tertiary alicyclic amines) is 1. The Hall–Kier alpha value is -2.47. The summed E-state index contributed by atoms with van der Waals surface area (Å²) in [7, 11) is -3.55. The van der Waals surface area contributed by atoms with Gasteiger partial charge in [0.25, 0.3) is 5.56 Å². The second-order valence-corrected chi connectivity index (χ2v) is 12.0. The van der Waals surface area contributed by atoms with Gasteiger partial charge in [0.2, 0.25) is 5.91 Å². The first-order valence-corrected chi connectivity index (χ1v) is 13.9. The third-order valence-electron chi connectivity index (χ3n) is 5.90. The van der Waals surface area contributed by atoms with E-state index in [1.807, 2.05) is 6.07 Å². The van der Waals surface area contributed by atoms with E-state index < -0.39 is 9.84 Å². The molecule has 3 aromatic rings. The molecule has 1 saturated heterocycles. The Kier molecular flexibility index (Phi) is 7.51. The largest absolute Gasteiger partial charge is 0.352 e. The van der Waals surface area contributed by atoms with Crippen LogP contribution in [-0.2, 0) is 21.2 Å². The van der Waals surface area contributed by atoms with Crippen LogP contribution in [0.1, 0.15) is 25.8 Å². The lowest BCUT2D eigenvalue weighted by Crippen LogP contribution is -2.35. The predicted molar refractivity (Wildman–Crippen MR) is 139 cm³/mol. The number of nitrogens with one attached hydrogen (secondary N) is 2. The summed E-state index contributed by atoms with van der Waals surface area (Å²) in [6.45, 7) is 5.33. The Balaban J connectivity index is 1.62. The molecule has 1 amide bonds. The third kappa shape index (κ3) is 5.69. The van der Waals surface area contributed by atoms with Crippen molar-refractivity contribution < 1.29 is 13.2 Å². The number of anilines is 1. The molecule has 2 aromatic carbocycles. The molecule has 0 spiro atoms. The molecule has 12 heteroatoms. The van der Waals surface area contributed by atoms with Crippen molar-refractivity contribution in [2.24, 2.45) is 0 Å². The van der Waals surface area contributed by atoms with Crippen LogP contribution in [0.5, 0.6) is 0 Å². The van der Waals surface area contributed by atoms with Crippen LogP contribution in [0.25, 0.3) is 10.9 Å². The number of carbonyl (C=O) groups is 1. The molecule has 35 heavy (non-hydrogen) atoms. The quantitative estimate of drug-likeness (QED) is 0.440. The van der Waals surface area contributed by atoms with Gasteiger partial charge in [-0.05, 0) is 42.3 Å². The minimum atomic E-state index is -3.55. The summed E-state index contributed by atoms with van der Waals surface area (Å²) in [6.07, 6.45) is 2.22. The second-order valence-electron chi connectivity index (χ2n) is 8.46. The average molecular weight is 583 g/mol. The highest BCUT2D eigenvalue weighted by atomic mass is 79.9. The van der Waals surface area contributed by atoms with Crippen molar-refractivity contribution >= 4 is 59.9 Å². The smallest absolute Gasteiger partial charge is 0.280 e. The number of rotatable bonds is 7. The first-order valence-electron chi connectivity index (χ1n) is 11.1. The molecule has 2 heterocycles. The van der Waals surface area contributed by atoms with Gasteiger partial charge in [-0.1, -0.05) is 34.5 Å². The number of halogens is 2. The minimum absolute atomic E-state index is 0.0324. The Labute approximate surface area is 216 Å². The summed E-state index contributed by atoms with van der Waals surface area (Å²) < 4.78 is 26.9. The standard InChI is InChI=1S/C23H25BrClN5O4S/c1-3-35(33,34)22-5-4-16(25)9-21(22)28-30-13-26-20-8-15(19(24)10-18(20)23(30)32)11-29-7-6-17(12-29)27-14(2)31/h4-5,8-10,13,17,28H,3,6-7,11-12H2,1-2H3,(H,27,31)/t17-/m1/s1. The highest BCUT2D eigenvalue weighted by Crippen LogP contribution is 2.27. The summed E-state index contributed by atoms with van der Waals surface area (Å²) in [6, 6.07) is 8.10.